The third kappa shape index (κ3) is 4.64. The van der Waals surface area contributed by atoms with Crippen molar-refractivity contribution in [3.8, 4) is 5.88 Å². The van der Waals surface area contributed by atoms with Crippen LogP contribution in [0.3, 0.4) is 0 Å². The quantitative estimate of drug-likeness (QED) is 0.690. The summed E-state index contributed by atoms with van der Waals surface area (Å²) < 4.78 is 32.1. The highest BCUT2D eigenvalue weighted by Crippen LogP contribution is 2.22. The average molecular weight is 446 g/mol. The highest BCUT2D eigenvalue weighted by Gasteiger charge is 2.27. The highest BCUT2D eigenvalue weighted by molar-refractivity contribution is 7.89. The third-order valence-electron chi connectivity index (χ3n) is 5.78. The largest absolute Gasteiger partial charge is 0.480 e. The van der Waals surface area contributed by atoms with Gasteiger partial charge in [0.2, 0.25) is 15.9 Å². The summed E-state index contributed by atoms with van der Waals surface area (Å²) in [5.41, 5.74) is 0.496. The molecule has 1 aromatic carbocycles. The molecular weight excluding hydrogens is 418 g/mol. The van der Waals surface area contributed by atoms with Crippen molar-refractivity contribution in [3.05, 3.63) is 42.0 Å². The lowest BCUT2D eigenvalue weighted by atomic mass is 10.2. The minimum Gasteiger partial charge on any atom is -0.480 e. The lowest BCUT2D eigenvalue weighted by Gasteiger charge is -2.35. The third-order valence-corrected chi connectivity index (χ3v) is 7.69. The normalized spacial score (nSPS) is 18.1. The molecule has 0 spiro atoms. The van der Waals surface area contributed by atoms with Crippen LogP contribution in [-0.2, 0) is 10.0 Å². The number of nitrogens with zero attached hydrogens (tertiary/aromatic N) is 5. The predicted octanol–water partition coefficient (Wildman–Crippen LogP) is 1.62. The minimum atomic E-state index is -3.49. The SMILES string of the molecule is COc1ccc(N2CCN(C(=O)c3ccc(S(=O)(=O)N4CCCCC4)cc3)CC2)nn1. The number of sulfonamides is 1. The molecule has 2 aliphatic heterocycles. The lowest BCUT2D eigenvalue weighted by Crippen LogP contribution is -2.49. The van der Waals surface area contributed by atoms with Gasteiger partial charge >= 0.3 is 0 Å². The zero-order valence-corrected chi connectivity index (χ0v) is 18.4. The van der Waals surface area contributed by atoms with Crippen molar-refractivity contribution in [1.29, 1.82) is 0 Å². The summed E-state index contributed by atoms with van der Waals surface area (Å²) in [6, 6.07) is 9.92. The maximum atomic E-state index is 12.9. The van der Waals surface area contributed by atoms with E-state index in [1.54, 1.807) is 42.3 Å². The van der Waals surface area contributed by atoms with Gasteiger partial charge in [0.05, 0.1) is 12.0 Å². The zero-order chi connectivity index (χ0) is 21.8. The summed E-state index contributed by atoms with van der Waals surface area (Å²) >= 11 is 0. The van der Waals surface area contributed by atoms with Crippen LogP contribution in [0.25, 0.3) is 0 Å². The smallest absolute Gasteiger partial charge is 0.253 e. The van der Waals surface area contributed by atoms with Gasteiger partial charge < -0.3 is 14.5 Å². The average Bonchev–Trinajstić information content (AvgIpc) is 2.84. The number of hydrogen-bond donors (Lipinski definition) is 0. The number of piperazine rings is 1. The van der Waals surface area contributed by atoms with Gasteiger partial charge in [-0.05, 0) is 43.2 Å². The van der Waals surface area contributed by atoms with E-state index in [9.17, 15) is 13.2 Å². The lowest BCUT2D eigenvalue weighted by molar-refractivity contribution is 0.0746. The van der Waals surface area contributed by atoms with Crippen LogP contribution in [-0.4, -0.2) is 80.1 Å². The number of benzene rings is 1. The molecule has 2 fully saturated rings. The predicted molar refractivity (Wildman–Crippen MR) is 116 cm³/mol. The second-order valence-electron chi connectivity index (χ2n) is 7.70. The Balaban J connectivity index is 1.37. The molecule has 4 rings (SSSR count). The molecule has 0 unspecified atom stereocenters. The van der Waals surface area contributed by atoms with Crippen LogP contribution in [0.1, 0.15) is 29.6 Å². The van der Waals surface area contributed by atoms with E-state index in [1.165, 1.54) is 4.31 Å². The van der Waals surface area contributed by atoms with Crippen molar-refractivity contribution in [2.75, 3.05) is 51.3 Å². The van der Waals surface area contributed by atoms with Gasteiger partial charge in [-0.3, -0.25) is 4.79 Å². The van der Waals surface area contributed by atoms with Gasteiger partial charge in [0, 0.05) is 50.9 Å². The summed E-state index contributed by atoms with van der Waals surface area (Å²) in [5, 5.41) is 8.15. The van der Waals surface area contributed by atoms with E-state index in [-0.39, 0.29) is 10.8 Å². The molecule has 0 bridgehead atoms. The van der Waals surface area contributed by atoms with Crippen molar-refractivity contribution in [2.24, 2.45) is 0 Å². The molecular formula is C21H27N5O4S. The second kappa shape index (κ2) is 9.19. The van der Waals surface area contributed by atoms with Crippen LogP contribution in [0, 0.1) is 0 Å². The van der Waals surface area contributed by atoms with Crippen LogP contribution < -0.4 is 9.64 Å². The molecule has 1 aromatic heterocycles. The second-order valence-corrected chi connectivity index (χ2v) is 9.64. The van der Waals surface area contributed by atoms with Crippen LogP contribution in [0.5, 0.6) is 5.88 Å². The van der Waals surface area contributed by atoms with E-state index >= 15 is 0 Å². The Morgan fingerprint density at radius 1 is 0.871 bits per heavy atom. The van der Waals surface area contributed by atoms with E-state index in [0.29, 0.717) is 50.7 Å². The Kier molecular flexibility index (Phi) is 6.38. The van der Waals surface area contributed by atoms with Gasteiger partial charge in [-0.1, -0.05) is 6.42 Å². The van der Waals surface area contributed by atoms with E-state index in [0.717, 1.165) is 25.1 Å². The molecule has 0 radical (unpaired) electrons. The summed E-state index contributed by atoms with van der Waals surface area (Å²) in [7, 11) is -1.95. The van der Waals surface area contributed by atoms with Crippen molar-refractivity contribution in [2.45, 2.75) is 24.2 Å². The monoisotopic (exact) mass is 445 g/mol. The van der Waals surface area contributed by atoms with Crippen molar-refractivity contribution >= 4 is 21.7 Å². The standard InChI is InChI=1S/C21H27N5O4S/c1-30-20-10-9-19(22-23-20)24-13-15-25(16-14-24)21(27)17-5-7-18(8-6-17)31(28,29)26-11-3-2-4-12-26/h5-10H,2-4,11-16H2,1H3. The number of methoxy groups -OCH3 is 1. The minimum absolute atomic E-state index is 0.0950. The van der Waals surface area contributed by atoms with Gasteiger partial charge in [-0.2, -0.15) is 4.31 Å². The molecule has 2 saturated heterocycles. The van der Waals surface area contributed by atoms with Crippen LogP contribution in [0.4, 0.5) is 5.82 Å². The first-order chi connectivity index (χ1) is 15.0. The molecule has 31 heavy (non-hydrogen) atoms. The molecule has 0 aliphatic carbocycles. The summed E-state index contributed by atoms with van der Waals surface area (Å²) in [6.45, 7) is 3.53. The molecule has 10 heteroatoms. The topological polar surface area (TPSA) is 95.9 Å². The first-order valence-electron chi connectivity index (χ1n) is 10.5. The Labute approximate surface area is 182 Å². The summed E-state index contributed by atoms with van der Waals surface area (Å²) in [4.78, 5) is 17.0. The number of carbonyl (C=O) groups is 1. The maximum absolute atomic E-state index is 12.9. The number of hydrogen-bond acceptors (Lipinski definition) is 7. The molecule has 1 amide bonds. The zero-order valence-electron chi connectivity index (χ0n) is 17.6. The van der Waals surface area contributed by atoms with Crippen molar-refractivity contribution < 1.29 is 17.9 Å². The first kappa shape index (κ1) is 21.5. The van der Waals surface area contributed by atoms with Gasteiger partial charge in [-0.15, -0.1) is 10.2 Å². The summed E-state index contributed by atoms with van der Waals surface area (Å²) in [6.07, 6.45) is 2.85. The number of rotatable bonds is 5. The number of aromatic nitrogens is 2. The van der Waals surface area contributed by atoms with E-state index in [4.69, 9.17) is 4.74 Å². The van der Waals surface area contributed by atoms with Crippen molar-refractivity contribution in [1.82, 2.24) is 19.4 Å². The molecule has 0 saturated carbocycles. The number of amides is 1. The molecule has 0 N–H and O–H groups in total. The molecule has 0 atom stereocenters. The van der Waals surface area contributed by atoms with Crippen LogP contribution in [0.15, 0.2) is 41.3 Å². The number of piperidine rings is 1. The Bertz CT molecular complexity index is 997. The molecule has 2 aromatic rings. The Hall–Kier alpha value is -2.72. The Morgan fingerprint density at radius 3 is 2.13 bits per heavy atom. The molecule has 9 nitrogen and oxygen atoms in total. The van der Waals surface area contributed by atoms with Crippen LogP contribution >= 0.6 is 0 Å². The number of ether oxygens (including phenoxy) is 1. The fourth-order valence-electron chi connectivity index (χ4n) is 3.94. The van der Waals surface area contributed by atoms with E-state index in [2.05, 4.69) is 15.1 Å². The molecule has 166 valence electrons. The maximum Gasteiger partial charge on any atom is 0.253 e. The fourth-order valence-corrected chi connectivity index (χ4v) is 5.45. The van der Waals surface area contributed by atoms with Crippen molar-refractivity contribution in [3.63, 3.8) is 0 Å². The Morgan fingerprint density at radius 2 is 1.55 bits per heavy atom. The van der Waals surface area contributed by atoms with Crippen LogP contribution in [0.2, 0.25) is 0 Å². The number of anilines is 1. The fraction of sp³-hybridized carbons (Fsp3) is 0.476. The van der Waals surface area contributed by atoms with Gasteiger partial charge in [0.1, 0.15) is 0 Å². The molecule has 3 heterocycles. The van der Waals surface area contributed by atoms with E-state index in [1.807, 2.05) is 6.07 Å². The van der Waals surface area contributed by atoms with Gasteiger partial charge in [-0.25, -0.2) is 8.42 Å². The van der Waals surface area contributed by atoms with Gasteiger partial charge in [0.15, 0.2) is 5.82 Å². The molecule has 2 aliphatic rings. The first-order valence-corrected chi connectivity index (χ1v) is 12.0. The van der Waals surface area contributed by atoms with Gasteiger partial charge in [0.25, 0.3) is 5.91 Å². The highest BCUT2D eigenvalue weighted by atomic mass is 32.2. The number of carbonyl (C=O) groups excluding carboxylic acids is 1. The van der Waals surface area contributed by atoms with E-state index < -0.39 is 10.0 Å². The summed E-state index contributed by atoms with van der Waals surface area (Å²) in [5.74, 6) is 1.12.